The third-order valence-corrected chi connectivity index (χ3v) is 4.78. The highest BCUT2D eigenvalue weighted by atomic mass is 16.5. The third kappa shape index (κ3) is 3.58. The molecule has 0 aliphatic carbocycles. The molecule has 3 aromatic rings. The fraction of sp³-hybridized carbons (Fsp3) is 0.350. The lowest BCUT2D eigenvalue weighted by molar-refractivity contribution is 0.0552. The first kappa shape index (κ1) is 18.1. The van der Waals surface area contributed by atoms with Gasteiger partial charge < -0.3 is 23.5 Å². The highest BCUT2D eigenvalue weighted by molar-refractivity contribution is 5.97. The highest BCUT2D eigenvalue weighted by Gasteiger charge is 2.27. The number of rotatable bonds is 5. The molecule has 1 aliphatic heterocycles. The molecular weight excluding hydrogens is 362 g/mol. The summed E-state index contributed by atoms with van der Waals surface area (Å²) in [7, 11) is 3.14. The number of amides is 1. The number of likely N-dealkylation sites (tertiary alicyclic amines) is 1. The Labute approximate surface area is 162 Å². The molecule has 2 aromatic heterocycles. The molecule has 4 rings (SSSR count). The van der Waals surface area contributed by atoms with Crippen LogP contribution < -0.4 is 14.2 Å². The molecule has 0 atom stereocenters. The Balaban J connectivity index is 1.38. The van der Waals surface area contributed by atoms with Gasteiger partial charge >= 0.3 is 6.01 Å². The Bertz CT molecular complexity index is 962. The summed E-state index contributed by atoms with van der Waals surface area (Å²) in [5, 5.41) is 0.845. The number of hydrogen-bond donors (Lipinski definition) is 0. The molecule has 0 radical (unpaired) electrons. The van der Waals surface area contributed by atoms with E-state index in [0.717, 1.165) is 5.39 Å². The second-order valence-electron chi connectivity index (χ2n) is 6.50. The van der Waals surface area contributed by atoms with Crippen LogP contribution in [0.3, 0.4) is 0 Å². The third-order valence-electron chi connectivity index (χ3n) is 4.78. The number of piperidine rings is 1. The predicted molar refractivity (Wildman–Crippen MR) is 101 cm³/mol. The zero-order chi connectivity index (χ0) is 19.5. The zero-order valence-corrected chi connectivity index (χ0v) is 15.8. The van der Waals surface area contributed by atoms with E-state index in [4.69, 9.17) is 18.6 Å². The van der Waals surface area contributed by atoms with E-state index in [2.05, 4.69) is 9.97 Å². The summed E-state index contributed by atoms with van der Waals surface area (Å²) >= 11 is 0. The summed E-state index contributed by atoms with van der Waals surface area (Å²) in [6.45, 7) is 1.15. The number of para-hydroxylation sites is 1. The van der Waals surface area contributed by atoms with Crippen molar-refractivity contribution in [2.45, 2.75) is 18.9 Å². The van der Waals surface area contributed by atoms with E-state index in [1.165, 1.54) is 0 Å². The number of furan rings is 1. The van der Waals surface area contributed by atoms with Gasteiger partial charge in [0.25, 0.3) is 5.91 Å². The van der Waals surface area contributed by atoms with Crippen molar-refractivity contribution in [3.8, 4) is 17.5 Å². The predicted octanol–water partition coefficient (Wildman–Crippen LogP) is 2.92. The van der Waals surface area contributed by atoms with Gasteiger partial charge in [-0.15, -0.1) is 0 Å². The van der Waals surface area contributed by atoms with Gasteiger partial charge in [0, 0.05) is 31.3 Å². The van der Waals surface area contributed by atoms with Gasteiger partial charge in [-0.2, -0.15) is 9.97 Å². The van der Waals surface area contributed by atoms with E-state index in [1.807, 2.05) is 18.2 Å². The Morgan fingerprint density at radius 3 is 2.57 bits per heavy atom. The quantitative estimate of drug-likeness (QED) is 0.669. The molecule has 1 fully saturated rings. The lowest BCUT2D eigenvalue weighted by Gasteiger charge is -2.31. The lowest BCUT2D eigenvalue weighted by atomic mass is 10.1. The first-order valence-electron chi connectivity index (χ1n) is 9.06. The summed E-state index contributed by atoms with van der Waals surface area (Å²) in [6.07, 6.45) is 4.50. The van der Waals surface area contributed by atoms with Crippen molar-refractivity contribution >= 4 is 16.9 Å². The molecule has 8 heteroatoms. The van der Waals surface area contributed by atoms with E-state index in [0.29, 0.717) is 54.8 Å². The first-order valence-corrected chi connectivity index (χ1v) is 9.06. The second kappa shape index (κ2) is 7.75. The minimum Gasteiger partial charge on any atom is -0.494 e. The minimum absolute atomic E-state index is 0.0341. The standard InChI is InChI=1S/C20H21N3O5/c1-25-15-11-21-20(22-12-15)27-14-6-8-23(9-7-14)19(24)17-10-13-4-3-5-16(26-2)18(13)28-17/h3-5,10-12,14H,6-9H2,1-2H3. The first-order chi connectivity index (χ1) is 13.7. The lowest BCUT2D eigenvalue weighted by Crippen LogP contribution is -2.41. The van der Waals surface area contributed by atoms with Crippen LogP contribution >= 0.6 is 0 Å². The Kier molecular flexibility index (Phi) is 5.01. The van der Waals surface area contributed by atoms with Crippen molar-refractivity contribution in [3.63, 3.8) is 0 Å². The molecule has 1 amide bonds. The highest BCUT2D eigenvalue weighted by Crippen LogP contribution is 2.29. The van der Waals surface area contributed by atoms with Crippen LogP contribution in [0.4, 0.5) is 0 Å². The molecule has 1 saturated heterocycles. The van der Waals surface area contributed by atoms with Crippen LogP contribution in [0.5, 0.6) is 17.5 Å². The number of methoxy groups -OCH3 is 2. The molecule has 0 saturated carbocycles. The number of benzene rings is 1. The number of ether oxygens (including phenoxy) is 3. The molecule has 3 heterocycles. The van der Waals surface area contributed by atoms with E-state index in [-0.39, 0.29) is 12.0 Å². The van der Waals surface area contributed by atoms with Crippen LogP contribution in [0.1, 0.15) is 23.4 Å². The SMILES string of the molecule is COc1cnc(OC2CCN(C(=O)c3cc4cccc(OC)c4o3)CC2)nc1. The number of aromatic nitrogens is 2. The summed E-state index contributed by atoms with van der Waals surface area (Å²) in [5.41, 5.74) is 0.586. The average molecular weight is 383 g/mol. The zero-order valence-electron chi connectivity index (χ0n) is 15.8. The largest absolute Gasteiger partial charge is 0.494 e. The van der Waals surface area contributed by atoms with Gasteiger partial charge in [-0.3, -0.25) is 4.79 Å². The number of carbonyl (C=O) groups is 1. The summed E-state index contributed by atoms with van der Waals surface area (Å²) < 4.78 is 21.9. The molecule has 1 aliphatic rings. The van der Waals surface area contributed by atoms with Crippen LogP contribution in [-0.4, -0.2) is 54.2 Å². The maximum Gasteiger partial charge on any atom is 0.316 e. The van der Waals surface area contributed by atoms with Gasteiger partial charge in [-0.1, -0.05) is 12.1 Å². The van der Waals surface area contributed by atoms with E-state index < -0.39 is 0 Å². The number of nitrogens with zero attached hydrogens (tertiary/aromatic N) is 3. The smallest absolute Gasteiger partial charge is 0.316 e. The van der Waals surface area contributed by atoms with Gasteiger partial charge in [0.2, 0.25) is 0 Å². The van der Waals surface area contributed by atoms with Gasteiger partial charge in [-0.05, 0) is 12.1 Å². The summed E-state index contributed by atoms with van der Waals surface area (Å²) in [4.78, 5) is 22.8. The van der Waals surface area contributed by atoms with Gasteiger partial charge in [0.1, 0.15) is 6.10 Å². The van der Waals surface area contributed by atoms with E-state index >= 15 is 0 Å². The number of carbonyl (C=O) groups excluding carboxylic acids is 1. The fourth-order valence-corrected chi connectivity index (χ4v) is 3.25. The maximum absolute atomic E-state index is 12.8. The molecule has 8 nitrogen and oxygen atoms in total. The normalized spacial score (nSPS) is 14.9. The van der Waals surface area contributed by atoms with Crippen molar-refractivity contribution in [1.82, 2.24) is 14.9 Å². The molecule has 0 unspecified atom stereocenters. The van der Waals surface area contributed by atoms with Crippen molar-refractivity contribution in [3.05, 3.63) is 42.4 Å². The Hall–Kier alpha value is -3.29. The van der Waals surface area contributed by atoms with Crippen molar-refractivity contribution < 1.29 is 23.4 Å². The van der Waals surface area contributed by atoms with Gasteiger partial charge in [0.15, 0.2) is 22.8 Å². The number of fused-ring (bicyclic) bond motifs is 1. The van der Waals surface area contributed by atoms with Crippen molar-refractivity contribution in [2.24, 2.45) is 0 Å². The van der Waals surface area contributed by atoms with E-state index in [1.54, 1.807) is 37.6 Å². The van der Waals surface area contributed by atoms with Crippen LogP contribution in [0.25, 0.3) is 11.0 Å². The van der Waals surface area contributed by atoms with Gasteiger partial charge in [-0.25, -0.2) is 0 Å². The van der Waals surface area contributed by atoms with Crippen LogP contribution in [0.15, 0.2) is 41.1 Å². The van der Waals surface area contributed by atoms with Crippen LogP contribution in [-0.2, 0) is 0 Å². The molecule has 0 N–H and O–H groups in total. The molecule has 0 bridgehead atoms. The van der Waals surface area contributed by atoms with Crippen LogP contribution in [0.2, 0.25) is 0 Å². The van der Waals surface area contributed by atoms with Gasteiger partial charge in [0.05, 0.1) is 26.6 Å². The van der Waals surface area contributed by atoms with Crippen molar-refractivity contribution in [1.29, 1.82) is 0 Å². The molecular formula is C20H21N3O5. The summed E-state index contributed by atoms with van der Waals surface area (Å²) in [6, 6.07) is 7.65. The molecule has 146 valence electrons. The van der Waals surface area contributed by atoms with Crippen molar-refractivity contribution in [2.75, 3.05) is 27.3 Å². The number of hydrogen-bond acceptors (Lipinski definition) is 7. The monoisotopic (exact) mass is 383 g/mol. The van der Waals surface area contributed by atoms with Crippen LogP contribution in [0, 0.1) is 0 Å². The molecule has 1 aromatic carbocycles. The Morgan fingerprint density at radius 1 is 1.14 bits per heavy atom. The second-order valence-corrected chi connectivity index (χ2v) is 6.50. The average Bonchev–Trinajstić information content (AvgIpc) is 3.19. The topological polar surface area (TPSA) is 86.9 Å². The maximum atomic E-state index is 12.8. The molecule has 28 heavy (non-hydrogen) atoms. The molecule has 0 spiro atoms. The fourth-order valence-electron chi connectivity index (χ4n) is 3.25. The minimum atomic E-state index is -0.127. The Morgan fingerprint density at radius 2 is 1.89 bits per heavy atom. The van der Waals surface area contributed by atoms with E-state index in [9.17, 15) is 4.79 Å². The summed E-state index contributed by atoms with van der Waals surface area (Å²) in [5.74, 6) is 1.38.